The van der Waals surface area contributed by atoms with Gasteiger partial charge in [0.2, 0.25) is 0 Å². The Hall–Kier alpha value is -0.830. The number of nitrogens with zero attached hydrogens (tertiary/aromatic N) is 1. The van der Waals surface area contributed by atoms with E-state index < -0.39 is 0 Å². The molecule has 3 heteroatoms. The summed E-state index contributed by atoms with van der Waals surface area (Å²) < 4.78 is 0. The van der Waals surface area contributed by atoms with E-state index in [-0.39, 0.29) is 0 Å². The van der Waals surface area contributed by atoms with Crippen LogP contribution in [0.4, 0.5) is 0 Å². The molecule has 0 spiro atoms. The molecule has 0 saturated heterocycles. The summed E-state index contributed by atoms with van der Waals surface area (Å²) in [6, 6.07) is 0.485. The quantitative estimate of drug-likeness (QED) is 0.529. The van der Waals surface area contributed by atoms with Gasteiger partial charge in [-0.2, -0.15) is 5.10 Å². The van der Waals surface area contributed by atoms with Crippen molar-refractivity contribution in [1.82, 2.24) is 15.5 Å². The molecule has 2 heterocycles. The number of aromatic amines is 1. The fourth-order valence-electron chi connectivity index (χ4n) is 1.20. The van der Waals surface area contributed by atoms with Crippen LogP contribution in [0, 0.1) is 0 Å². The highest BCUT2D eigenvalue weighted by atomic mass is 15.1. The first-order valence-electron chi connectivity index (χ1n) is 3.13. The largest absolute Gasteiger partial charge is 0.304 e. The maximum atomic E-state index is 3.93. The van der Waals surface area contributed by atoms with Crippen molar-refractivity contribution >= 4 is 0 Å². The summed E-state index contributed by atoms with van der Waals surface area (Å²) in [7, 11) is 0. The average molecular weight is 123 g/mol. The minimum absolute atomic E-state index is 0.485. The van der Waals surface area contributed by atoms with Gasteiger partial charge in [0.1, 0.15) is 0 Å². The molecule has 1 atom stereocenters. The Morgan fingerprint density at radius 3 is 3.44 bits per heavy atom. The lowest BCUT2D eigenvalue weighted by atomic mass is 10.2. The molecule has 0 radical (unpaired) electrons. The average Bonchev–Trinajstić information content (AvgIpc) is 2.35. The molecular formula is C6H9N3. The Balaban J connectivity index is 2.49. The maximum Gasteiger partial charge on any atom is 0.0538 e. The van der Waals surface area contributed by atoms with Crippen LogP contribution in [-0.2, 0) is 6.54 Å². The maximum absolute atomic E-state index is 3.93. The van der Waals surface area contributed by atoms with E-state index in [4.69, 9.17) is 0 Å². The zero-order valence-electron chi connectivity index (χ0n) is 5.31. The Labute approximate surface area is 53.5 Å². The zero-order chi connectivity index (χ0) is 6.27. The summed E-state index contributed by atoms with van der Waals surface area (Å²) in [5, 5.41) is 10.2. The SMILES string of the molecule is C[C@@H]1NCc2[nH]ncc21. The molecule has 2 rings (SSSR count). The number of fused-ring (bicyclic) bond motifs is 1. The molecule has 0 saturated carbocycles. The van der Waals surface area contributed by atoms with Crippen molar-refractivity contribution in [3.8, 4) is 0 Å². The van der Waals surface area contributed by atoms with Crippen LogP contribution in [0.15, 0.2) is 6.20 Å². The lowest BCUT2D eigenvalue weighted by Gasteiger charge is -1.98. The van der Waals surface area contributed by atoms with Gasteiger partial charge < -0.3 is 5.32 Å². The van der Waals surface area contributed by atoms with Crippen LogP contribution in [0.3, 0.4) is 0 Å². The van der Waals surface area contributed by atoms with Crippen molar-refractivity contribution in [1.29, 1.82) is 0 Å². The van der Waals surface area contributed by atoms with E-state index in [1.807, 2.05) is 6.20 Å². The molecule has 3 nitrogen and oxygen atoms in total. The summed E-state index contributed by atoms with van der Waals surface area (Å²) in [4.78, 5) is 0. The fourth-order valence-corrected chi connectivity index (χ4v) is 1.20. The molecule has 0 aromatic carbocycles. The molecule has 1 aliphatic rings. The third-order valence-electron chi connectivity index (χ3n) is 1.80. The molecule has 1 aliphatic heterocycles. The lowest BCUT2D eigenvalue weighted by Crippen LogP contribution is -2.07. The number of rotatable bonds is 0. The van der Waals surface area contributed by atoms with E-state index >= 15 is 0 Å². The summed E-state index contributed by atoms with van der Waals surface area (Å²) in [6.45, 7) is 3.08. The second-order valence-corrected chi connectivity index (χ2v) is 2.41. The van der Waals surface area contributed by atoms with E-state index in [9.17, 15) is 0 Å². The number of hydrogen-bond acceptors (Lipinski definition) is 2. The topological polar surface area (TPSA) is 40.7 Å². The Kier molecular flexibility index (Phi) is 0.873. The highest BCUT2D eigenvalue weighted by Gasteiger charge is 2.18. The Morgan fingerprint density at radius 1 is 1.78 bits per heavy atom. The second kappa shape index (κ2) is 1.57. The first-order valence-corrected chi connectivity index (χ1v) is 3.13. The molecule has 0 fully saturated rings. The van der Waals surface area contributed by atoms with Crippen molar-refractivity contribution in [2.75, 3.05) is 0 Å². The number of nitrogens with one attached hydrogen (secondary N) is 2. The Bertz CT molecular complexity index is 216. The van der Waals surface area contributed by atoms with Crippen molar-refractivity contribution in [2.24, 2.45) is 0 Å². The molecule has 0 aliphatic carbocycles. The second-order valence-electron chi connectivity index (χ2n) is 2.41. The molecule has 0 bridgehead atoms. The van der Waals surface area contributed by atoms with Gasteiger partial charge in [-0.3, -0.25) is 5.10 Å². The molecule has 9 heavy (non-hydrogen) atoms. The molecule has 0 amide bonds. The van der Waals surface area contributed by atoms with Gasteiger partial charge in [0.25, 0.3) is 0 Å². The van der Waals surface area contributed by atoms with E-state index in [1.54, 1.807) is 0 Å². The monoisotopic (exact) mass is 123 g/mol. The normalized spacial score (nSPS) is 24.3. The van der Waals surface area contributed by atoms with E-state index in [1.165, 1.54) is 11.3 Å². The first kappa shape index (κ1) is 4.99. The van der Waals surface area contributed by atoms with Gasteiger partial charge in [0, 0.05) is 18.2 Å². The van der Waals surface area contributed by atoms with Crippen molar-refractivity contribution in [3.05, 3.63) is 17.5 Å². The van der Waals surface area contributed by atoms with Gasteiger partial charge in [-0.05, 0) is 6.92 Å². The Morgan fingerprint density at radius 2 is 2.67 bits per heavy atom. The highest BCUT2D eigenvalue weighted by molar-refractivity contribution is 5.24. The number of H-pyrrole nitrogens is 1. The molecule has 1 aromatic rings. The highest BCUT2D eigenvalue weighted by Crippen LogP contribution is 2.21. The van der Waals surface area contributed by atoms with Gasteiger partial charge in [-0.25, -0.2) is 0 Å². The van der Waals surface area contributed by atoms with E-state index in [2.05, 4.69) is 22.4 Å². The fraction of sp³-hybridized carbons (Fsp3) is 0.500. The molecule has 0 unspecified atom stereocenters. The van der Waals surface area contributed by atoms with Crippen molar-refractivity contribution in [2.45, 2.75) is 19.5 Å². The molecule has 1 aromatic heterocycles. The van der Waals surface area contributed by atoms with Gasteiger partial charge >= 0.3 is 0 Å². The zero-order valence-corrected chi connectivity index (χ0v) is 5.31. The summed E-state index contributed by atoms with van der Waals surface area (Å²) in [5.41, 5.74) is 2.55. The van der Waals surface area contributed by atoms with Crippen molar-refractivity contribution < 1.29 is 0 Å². The van der Waals surface area contributed by atoms with Crippen LogP contribution < -0.4 is 5.32 Å². The summed E-state index contributed by atoms with van der Waals surface area (Å²) >= 11 is 0. The van der Waals surface area contributed by atoms with Gasteiger partial charge in [-0.15, -0.1) is 0 Å². The number of hydrogen-bond donors (Lipinski definition) is 2. The van der Waals surface area contributed by atoms with E-state index in [0.717, 1.165) is 6.54 Å². The predicted molar refractivity (Wildman–Crippen MR) is 33.8 cm³/mol. The summed E-state index contributed by atoms with van der Waals surface area (Å²) in [5.74, 6) is 0. The third kappa shape index (κ3) is 0.580. The minimum Gasteiger partial charge on any atom is -0.304 e. The van der Waals surface area contributed by atoms with Crippen molar-refractivity contribution in [3.63, 3.8) is 0 Å². The van der Waals surface area contributed by atoms with Crippen LogP contribution in [0.2, 0.25) is 0 Å². The minimum atomic E-state index is 0.485. The standard InChI is InChI=1S/C6H9N3/c1-4-5-2-8-9-6(5)3-7-4/h2,4,7H,3H2,1H3,(H,8,9)/t4-/m0/s1. The lowest BCUT2D eigenvalue weighted by molar-refractivity contribution is 0.624. The molecular weight excluding hydrogens is 114 g/mol. The van der Waals surface area contributed by atoms with Crippen LogP contribution in [0.25, 0.3) is 0 Å². The van der Waals surface area contributed by atoms with Gasteiger partial charge in [0.05, 0.1) is 11.9 Å². The van der Waals surface area contributed by atoms with Crippen LogP contribution in [0.5, 0.6) is 0 Å². The smallest absolute Gasteiger partial charge is 0.0538 e. The van der Waals surface area contributed by atoms with Crippen LogP contribution in [0.1, 0.15) is 24.2 Å². The number of aromatic nitrogens is 2. The van der Waals surface area contributed by atoms with E-state index in [0.29, 0.717) is 6.04 Å². The van der Waals surface area contributed by atoms with Crippen LogP contribution >= 0.6 is 0 Å². The van der Waals surface area contributed by atoms with Gasteiger partial charge in [0.15, 0.2) is 0 Å². The van der Waals surface area contributed by atoms with Crippen LogP contribution in [-0.4, -0.2) is 10.2 Å². The molecule has 48 valence electrons. The predicted octanol–water partition coefficient (Wildman–Crippen LogP) is 0.574. The third-order valence-corrected chi connectivity index (χ3v) is 1.80. The molecule has 2 N–H and O–H groups in total. The van der Waals surface area contributed by atoms with Gasteiger partial charge in [-0.1, -0.05) is 0 Å². The summed E-state index contributed by atoms with van der Waals surface area (Å²) in [6.07, 6.45) is 1.89. The first-order chi connectivity index (χ1) is 4.38.